The summed E-state index contributed by atoms with van der Waals surface area (Å²) >= 11 is 0. The lowest BCUT2D eigenvalue weighted by Gasteiger charge is -2.32. The van der Waals surface area contributed by atoms with E-state index < -0.39 is 6.04 Å². The van der Waals surface area contributed by atoms with Crippen molar-refractivity contribution in [3.05, 3.63) is 29.8 Å². The molecule has 2 aliphatic rings. The monoisotopic (exact) mass is 344 g/mol. The van der Waals surface area contributed by atoms with Crippen molar-refractivity contribution in [2.45, 2.75) is 25.8 Å². The number of para-hydroxylation sites is 1. The van der Waals surface area contributed by atoms with Gasteiger partial charge in [0.05, 0.1) is 0 Å². The molecule has 1 atom stereocenters. The van der Waals surface area contributed by atoms with E-state index in [1.165, 1.54) is 6.92 Å². The summed E-state index contributed by atoms with van der Waals surface area (Å²) in [6.07, 6.45) is 1.54. The number of carbonyl (C=O) groups is 2. The Labute approximate surface area is 149 Å². The zero-order valence-corrected chi connectivity index (χ0v) is 15.2. The quantitative estimate of drug-likeness (QED) is 0.800. The minimum absolute atomic E-state index is 0.0511. The van der Waals surface area contributed by atoms with Gasteiger partial charge in [0, 0.05) is 51.8 Å². The van der Waals surface area contributed by atoms with E-state index in [0.29, 0.717) is 13.0 Å². The highest BCUT2D eigenvalue weighted by Gasteiger charge is 2.36. The molecule has 2 heterocycles. The van der Waals surface area contributed by atoms with Gasteiger partial charge in [0.15, 0.2) is 0 Å². The highest BCUT2D eigenvalue weighted by molar-refractivity contribution is 6.02. The molecule has 25 heavy (non-hydrogen) atoms. The number of nitrogens with zero attached hydrogens (tertiary/aromatic N) is 3. The number of amides is 2. The summed E-state index contributed by atoms with van der Waals surface area (Å²) in [5, 5.41) is 3.02. The van der Waals surface area contributed by atoms with Gasteiger partial charge >= 0.3 is 0 Å². The molecule has 0 aliphatic carbocycles. The summed E-state index contributed by atoms with van der Waals surface area (Å²) in [6, 6.07) is 7.35. The Bertz CT molecular complexity index is 626. The number of hydrogen-bond acceptors (Lipinski definition) is 4. The number of nitrogens with one attached hydrogen (secondary N) is 1. The highest BCUT2D eigenvalue weighted by Crippen LogP contribution is 2.32. The first-order valence-electron chi connectivity index (χ1n) is 9.12. The van der Waals surface area contributed by atoms with Gasteiger partial charge in [0.25, 0.3) is 0 Å². The molecule has 136 valence electrons. The van der Waals surface area contributed by atoms with E-state index in [4.69, 9.17) is 0 Å². The van der Waals surface area contributed by atoms with Crippen molar-refractivity contribution in [3.63, 3.8) is 0 Å². The van der Waals surface area contributed by atoms with Gasteiger partial charge in [-0.3, -0.25) is 14.5 Å². The largest absolute Gasteiger partial charge is 0.354 e. The first kappa shape index (κ1) is 17.9. The van der Waals surface area contributed by atoms with Gasteiger partial charge in [0.2, 0.25) is 11.8 Å². The lowest BCUT2D eigenvalue weighted by atomic mass is 10.1. The Morgan fingerprint density at radius 3 is 2.60 bits per heavy atom. The Kier molecular flexibility index (Phi) is 5.71. The smallest absolute Gasteiger partial charge is 0.243 e. The predicted molar refractivity (Wildman–Crippen MR) is 98.7 cm³/mol. The van der Waals surface area contributed by atoms with Crippen LogP contribution >= 0.6 is 0 Å². The molecular weight excluding hydrogens is 316 g/mol. The minimum Gasteiger partial charge on any atom is -0.354 e. The third-order valence-electron chi connectivity index (χ3n) is 5.16. The van der Waals surface area contributed by atoms with Crippen molar-refractivity contribution in [1.29, 1.82) is 0 Å². The fourth-order valence-electron chi connectivity index (χ4n) is 3.69. The molecule has 1 aromatic carbocycles. The molecule has 0 bridgehead atoms. The molecule has 1 N–H and O–H groups in total. The first-order valence-corrected chi connectivity index (χ1v) is 9.12. The maximum Gasteiger partial charge on any atom is 0.243 e. The molecule has 2 aliphatic heterocycles. The summed E-state index contributed by atoms with van der Waals surface area (Å²) < 4.78 is 0. The standard InChI is InChI=1S/C19H28N4O2/c1-15(24)23-17-7-4-3-6-16(17)14-18(23)19(25)20-8-5-9-22-12-10-21(2)11-13-22/h3-4,6-7,18H,5,8-14H2,1-2H3,(H,20,25). The Morgan fingerprint density at radius 1 is 1.16 bits per heavy atom. The van der Waals surface area contributed by atoms with Gasteiger partial charge in [0.1, 0.15) is 6.04 Å². The molecule has 6 nitrogen and oxygen atoms in total. The molecule has 0 spiro atoms. The molecule has 1 aromatic rings. The van der Waals surface area contributed by atoms with Crippen molar-refractivity contribution in [2.75, 3.05) is 51.2 Å². The van der Waals surface area contributed by atoms with E-state index >= 15 is 0 Å². The van der Waals surface area contributed by atoms with Crippen LogP contribution in [0.1, 0.15) is 18.9 Å². The number of anilines is 1. The number of carbonyl (C=O) groups excluding carboxylic acids is 2. The number of likely N-dealkylation sites (N-methyl/N-ethyl adjacent to an activating group) is 1. The van der Waals surface area contributed by atoms with Gasteiger partial charge in [-0.2, -0.15) is 0 Å². The average Bonchev–Trinajstić information content (AvgIpc) is 3.00. The Balaban J connectivity index is 1.47. The minimum atomic E-state index is -0.418. The average molecular weight is 344 g/mol. The van der Waals surface area contributed by atoms with Crippen LogP contribution in [-0.2, 0) is 16.0 Å². The second-order valence-corrected chi connectivity index (χ2v) is 7.03. The van der Waals surface area contributed by atoms with Crippen molar-refractivity contribution in [1.82, 2.24) is 15.1 Å². The lowest BCUT2D eigenvalue weighted by molar-refractivity contribution is -0.125. The normalized spacial score (nSPS) is 21.2. The first-order chi connectivity index (χ1) is 12.1. The lowest BCUT2D eigenvalue weighted by Crippen LogP contribution is -2.48. The maximum atomic E-state index is 12.6. The summed E-state index contributed by atoms with van der Waals surface area (Å²) in [7, 11) is 2.15. The SMILES string of the molecule is CC(=O)N1c2ccccc2CC1C(=O)NCCCN1CCN(C)CC1. The van der Waals surface area contributed by atoms with Gasteiger partial charge in [-0.25, -0.2) is 0 Å². The van der Waals surface area contributed by atoms with Crippen LogP contribution in [0.2, 0.25) is 0 Å². The number of hydrogen-bond donors (Lipinski definition) is 1. The van der Waals surface area contributed by atoms with Crippen molar-refractivity contribution in [2.24, 2.45) is 0 Å². The third-order valence-corrected chi connectivity index (χ3v) is 5.16. The van der Waals surface area contributed by atoms with Gasteiger partial charge in [-0.1, -0.05) is 18.2 Å². The van der Waals surface area contributed by atoms with Crippen LogP contribution in [0.5, 0.6) is 0 Å². The van der Waals surface area contributed by atoms with Crippen LogP contribution in [0.15, 0.2) is 24.3 Å². The summed E-state index contributed by atoms with van der Waals surface area (Å²) in [5.74, 6) is -0.132. The molecule has 1 saturated heterocycles. The molecule has 1 fully saturated rings. The zero-order chi connectivity index (χ0) is 17.8. The topological polar surface area (TPSA) is 55.9 Å². The molecule has 1 unspecified atom stereocenters. The van der Waals surface area contributed by atoms with Crippen molar-refractivity contribution in [3.8, 4) is 0 Å². The van der Waals surface area contributed by atoms with Crippen LogP contribution in [-0.4, -0.2) is 74.0 Å². The number of fused-ring (bicyclic) bond motifs is 1. The fraction of sp³-hybridized carbons (Fsp3) is 0.579. The Hall–Kier alpha value is -1.92. The van der Waals surface area contributed by atoms with Gasteiger partial charge < -0.3 is 15.1 Å². The molecule has 0 aromatic heterocycles. The second-order valence-electron chi connectivity index (χ2n) is 7.03. The fourth-order valence-corrected chi connectivity index (χ4v) is 3.69. The van der Waals surface area contributed by atoms with E-state index in [9.17, 15) is 9.59 Å². The van der Waals surface area contributed by atoms with Crippen LogP contribution in [0.3, 0.4) is 0 Å². The highest BCUT2D eigenvalue weighted by atomic mass is 16.2. The Morgan fingerprint density at radius 2 is 1.88 bits per heavy atom. The third kappa shape index (κ3) is 4.19. The van der Waals surface area contributed by atoms with Crippen LogP contribution < -0.4 is 10.2 Å². The van der Waals surface area contributed by atoms with Crippen LogP contribution in [0.25, 0.3) is 0 Å². The molecule has 0 radical (unpaired) electrons. The molecule has 6 heteroatoms. The van der Waals surface area contributed by atoms with Crippen LogP contribution in [0, 0.1) is 0 Å². The number of rotatable bonds is 5. The second kappa shape index (κ2) is 7.97. The van der Waals surface area contributed by atoms with Crippen LogP contribution in [0.4, 0.5) is 5.69 Å². The molecule has 0 saturated carbocycles. The summed E-state index contributed by atoms with van der Waals surface area (Å²) in [5.41, 5.74) is 1.93. The zero-order valence-electron chi connectivity index (χ0n) is 15.2. The van der Waals surface area contributed by atoms with E-state index in [0.717, 1.165) is 50.4 Å². The van der Waals surface area contributed by atoms with E-state index in [1.807, 2.05) is 24.3 Å². The summed E-state index contributed by atoms with van der Waals surface area (Å²) in [4.78, 5) is 31.0. The van der Waals surface area contributed by atoms with Crippen molar-refractivity contribution >= 4 is 17.5 Å². The van der Waals surface area contributed by atoms with E-state index in [1.54, 1.807) is 4.90 Å². The van der Waals surface area contributed by atoms with Crippen molar-refractivity contribution < 1.29 is 9.59 Å². The molecular formula is C19H28N4O2. The number of piperazine rings is 1. The summed E-state index contributed by atoms with van der Waals surface area (Å²) in [6.45, 7) is 7.61. The maximum absolute atomic E-state index is 12.6. The molecule has 3 rings (SSSR count). The van der Waals surface area contributed by atoms with Gasteiger partial charge in [-0.05, 0) is 31.6 Å². The number of benzene rings is 1. The van der Waals surface area contributed by atoms with E-state index in [2.05, 4.69) is 22.2 Å². The molecule has 2 amide bonds. The van der Waals surface area contributed by atoms with Gasteiger partial charge in [-0.15, -0.1) is 0 Å². The van der Waals surface area contributed by atoms with E-state index in [-0.39, 0.29) is 11.8 Å². The predicted octanol–water partition coefficient (Wildman–Crippen LogP) is 0.718.